The fraction of sp³-hybridized carbons (Fsp3) is 0.905. The Balaban J connectivity index is 1.75. The minimum atomic E-state index is -0.861. The molecule has 0 N–H and O–H groups in total. The molecule has 0 radical (unpaired) electrons. The molecule has 4 aliphatic rings. The molecular weight excluding hydrogens is 348 g/mol. The van der Waals surface area contributed by atoms with E-state index in [1.54, 1.807) is 0 Å². The Morgan fingerprint density at radius 2 is 1.81 bits per heavy atom. The van der Waals surface area contributed by atoms with E-state index < -0.39 is 11.9 Å². The first kappa shape index (κ1) is 19.2. The summed E-state index contributed by atoms with van der Waals surface area (Å²) >= 11 is 0. The molecule has 0 aromatic rings. The predicted molar refractivity (Wildman–Crippen MR) is 96.6 cm³/mol. The smallest absolute Gasteiger partial charge is 0.337 e. The van der Waals surface area contributed by atoms with Gasteiger partial charge in [0.2, 0.25) is 0 Å². The van der Waals surface area contributed by atoms with Crippen LogP contribution >= 0.6 is 0 Å². The minimum absolute atomic E-state index is 0.0594. The van der Waals surface area contributed by atoms with Gasteiger partial charge >= 0.3 is 11.9 Å². The second-order valence-corrected chi connectivity index (χ2v) is 9.84. The lowest BCUT2D eigenvalue weighted by Crippen LogP contribution is -2.65. The zero-order valence-electron chi connectivity index (χ0n) is 17.1. The first-order chi connectivity index (χ1) is 12.6. The number of esters is 2. The van der Waals surface area contributed by atoms with E-state index in [1.165, 1.54) is 14.0 Å². The monoisotopic (exact) mass is 380 g/mol. The molecule has 2 heterocycles. The Morgan fingerprint density at radius 3 is 2.48 bits per heavy atom. The quantitative estimate of drug-likeness (QED) is 0.685. The van der Waals surface area contributed by atoms with Gasteiger partial charge in [-0.1, -0.05) is 27.2 Å². The summed E-state index contributed by atoms with van der Waals surface area (Å²) in [5.74, 6) is -1.07. The number of fused-ring (bicyclic) bond motifs is 3. The van der Waals surface area contributed by atoms with Gasteiger partial charge < -0.3 is 18.9 Å². The second-order valence-electron chi connectivity index (χ2n) is 9.84. The molecule has 6 heteroatoms. The summed E-state index contributed by atoms with van der Waals surface area (Å²) < 4.78 is 23.5. The highest BCUT2D eigenvalue weighted by Crippen LogP contribution is 2.67. The van der Waals surface area contributed by atoms with Crippen molar-refractivity contribution in [1.29, 1.82) is 0 Å². The lowest BCUT2D eigenvalue weighted by molar-refractivity contribution is -0.318. The Hall–Kier alpha value is -1.14. The van der Waals surface area contributed by atoms with E-state index >= 15 is 0 Å². The van der Waals surface area contributed by atoms with Crippen LogP contribution in [0.2, 0.25) is 0 Å². The van der Waals surface area contributed by atoms with Crippen LogP contribution in [0.5, 0.6) is 0 Å². The Morgan fingerprint density at radius 1 is 1.07 bits per heavy atom. The lowest BCUT2D eigenvalue weighted by Gasteiger charge is -2.64. The van der Waals surface area contributed by atoms with Crippen molar-refractivity contribution in [3.63, 3.8) is 0 Å². The summed E-state index contributed by atoms with van der Waals surface area (Å²) in [5, 5.41) is 0. The minimum Gasteiger partial charge on any atom is -0.467 e. The van der Waals surface area contributed by atoms with Gasteiger partial charge in [0, 0.05) is 25.2 Å². The summed E-state index contributed by atoms with van der Waals surface area (Å²) in [6, 6.07) is 0. The molecule has 0 aromatic carbocycles. The number of ether oxygens (including phenoxy) is 4. The molecule has 152 valence electrons. The van der Waals surface area contributed by atoms with E-state index in [0.717, 1.165) is 32.1 Å². The Kier molecular flexibility index (Phi) is 4.39. The first-order valence-electron chi connectivity index (χ1n) is 10.2. The van der Waals surface area contributed by atoms with Crippen molar-refractivity contribution in [3.8, 4) is 0 Å². The molecule has 6 nitrogen and oxygen atoms in total. The maximum atomic E-state index is 12.2. The Bertz CT molecular complexity index is 645. The van der Waals surface area contributed by atoms with E-state index in [-0.39, 0.29) is 46.8 Å². The average Bonchev–Trinajstić information content (AvgIpc) is 2.83. The van der Waals surface area contributed by atoms with E-state index in [9.17, 15) is 9.59 Å². The summed E-state index contributed by atoms with van der Waals surface area (Å²) in [6.45, 7) is 8.37. The van der Waals surface area contributed by atoms with Gasteiger partial charge in [0.05, 0.1) is 13.2 Å². The standard InChI is InChI=1S/C21H32O6/c1-12(22)25-14-11-21-15(20(4)10-6-9-19(2,3)17(14)20)8-7-13(26-21)16(27-21)18(23)24-5/h13-17H,6-11H2,1-5H3/t13-,14+,15-,16+,17-,20-,21-/m1/s1. The van der Waals surface area contributed by atoms with E-state index in [4.69, 9.17) is 18.9 Å². The van der Waals surface area contributed by atoms with Crippen molar-refractivity contribution in [1.82, 2.24) is 0 Å². The number of hydrogen-bond donors (Lipinski definition) is 0. The van der Waals surface area contributed by atoms with Gasteiger partial charge in [-0.15, -0.1) is 0 Å². The lowest BCUT2D eigenvalue weighted by atomic mass is 9.45. The van der Waals surface area contributed by atoms with Crippen LogP contribution in [0.3, 0.4) is 0 Å². The van der Waals surface area contributed by atoms with Gasteiger partial charge in [-0.3, -0.25) is 4.79 Å². The Labute approximate surface area is 161 Å². The molecule has 4 fully saturated rings. The fourth-order valence-corrected chi connectivity index (χ4v) is 7.12. The number of rotatable bonds is 2. The normalized spacial score (nSPS) is 47.5. The van der Waals surface area contributed by atoms with Crippen LogP contribution in [0.1, 0.15) is 66.2 Å². The summed E-state index contributed by atoms with van der Waals surface area (Å²) in [7, 11) is 1.38. The molecule has 2 aliphatic heterocycles. The summed E-state index contributed by atoms with van der Waals surface area (Å²) in [4.78, 5) is 24.1. The maximum absolute atomic E-state index is 12.2. The van der Waals surface area contributed by atoms with E-state index in [0.29, 0.717) is 6.42 Å². The summed E-state index contributed by atoms with van der Waals surface area (Å²) in [6.07, 6.45) is 4.35. The molecule has 2 bridgehead atoms. The fourth-order valence-electron chi connectivity index (χ4n) is 7.12. The predicted octanol–water partition coefficient (Wildman–Crippen LogP) is 3.22. The van der Waals surface area contributed by atoms with Gasteiger partial charge in [-0.25, -0.2) is 4.79 Å². The van der Waals surface area contributed by atoms with E-state index in [1.807, 2.05) is 0 Å². The van der Waals surface area contributed by atoms with Crippen molar-refractivity contribution in [2.75, 3.05) is 7.11 Å². The molecule has 0 amide bonds. The number of methoxy groups -OCH3 is 1. The molecule has 0 aromatic heterocycles. The number of carbonyl (C=O) groups is 2. The van der Waals surface area contributed by atoms with Gasteiger partial charge in [0.1, 0.15) is 6.10 Å². The molecule has 27 heavy (non-hydrogen) atoms. The second kappa shape index (κ2) is 6.18. The molecule has 4 rings (SSSR count). The zero-order valence-corrected chi connectivity index (χ0v) is 17.1. The zero-order chi connectivity index (χ0) is 19.6. The largest absolute Gasteiger partial charge is 0.467 e. The first-order valence-corrected chi connectivity index (χ1v) is 10.2. The van der Waals surface area contributed by atoms with Crippen LogP contribution in [0.25, 0.3) is 0 Å². The van der Waals surface area contributed by atoms with Gasteiger partial charge in [-0.2, -0.15) is 0 Å². The van der Waals surface area contributed by atoms with Crippen molar-refractivity contribution in [2.45, 2.75) is 90.3 Å². The maximum Gasteiger partial charge on any atom is 0.337 e. The molecule has 2 saturated heterocycles. The van der Waals surface area contributed by atoms with Crippen molar-refractivity contribution in [3.05, 3.63) is 0 Å². The average molecular weight is 380 g/mol. The molecule has 2 saturated carbocycles. The molecule has 0 unspecified atom stereocenters. The van der Waals surface area contributed by atoms with Crippen LogP contribution in [0, 0.1) is 22.7 Å². The third-order valence-corrected chi connectivity index (χ3v) is 7.78. The molecular formula is C21H32O6. The van der Waals surface area contributed by atoms with Crippen molar-refractivity contribution < 1.29 is 28.5 Å². The molecule has 7 atom stereocenters. The highest BCUT2D eigenvalue weighted by molar-refractivity contribution is 5.75. The third kappa shape index (κ3) is 2.74. The topological polar surface area (TPSA) is 71.1 Å². The van der Waals surface area contributed by atoms with Gasteiger partial charge in [0.25, 0.3) is 0 Å². The molecule has 2 aliphatic carbocycles. The number of carbonyl (C=O) groups excluding carboxylic acids is 2. The van der Waals surface area contributed by atoms with Crippen molar-refractivity contribution >= 4 is 11.9 Å². The van der Waals surface area contributed by atoms with Crippen LogP contribution in [0.4, 0.5) is 0 Å². The van der Waals surface area contributed by atoms with Crippen LogP contribution in [-0.4, -0.2) is 43.1 Å². The van der Waals surface area contributed by atoms with Gasteiger partial charge in [-0.05, 0) is 36.5 Å². The van der Waals surface area contributed by atoms with E-state index in [2.05, 4.69) is 20.8 Å². The summed E-state index contributed by atoms with van der Waals surface area (Å²) in [5.41, 5.74) is 0.0159. The van der Waals surface area contributed by atoms with Crippen LogP contribution in [0.15, 0.2) is 0 Å². The highest BCUT2D eigenvalue weighted by atomic mass is 16.8. The van der Waals surface area contributed by atoms with Crippen LogP contribution in [-0.2, 0) is 28.5 Å². The number of hydrogen-bond acceptors (Lipinski definition) is 6. The van der Waals surface area contributed by atoms with Crippen molar-refractivity contribution in [2.24, 2.45) is 22.7 Å². The third-order valence-electron chi connectivity index (χ3n) is 7.78. The van der Waals surface area contributed by atoms with Crippen LogP contribution < -0.4 is 0 Å². The SMILES string of the molecule is COC(=O)[C@H]1O[C@]23C[C@H](OC(C)=O)[C@@H]4C(C)(C)CCC[C@]4(C)[C@H]2CC[C@H]1O3. The highest BCUT2D eigenvalue weighted by Gasteiger charge is 2.70. The van der Waals surface area contributed by atoms with Gasteiger partial charge in [0.15, 0.2) is 11.9 Å². The molecule has 1 spiro atoms.